The van der Waals surface area contributed by atoms with Crippen LogP contribution in [0.2, 0.25) is 0 Å². The van der Waals surface area contributed by atoms with Crippen molar-refractivity contribution in [1.82, 2.24) is 14.6 Å². The van der Waals surface area contributed by atoms with Crippen molar-refractivity contribution in [1.29, 1.82) is 0 Å². The van der Waals surface area contributed by atoms with E-state index >= 15 is 0 Å². The highest BCUT2D eigenvalue weighted by molar-refractivity contribution is 7.09. The first-order valence-electron chi connectivity index (χ1n) is 7.00. The molecule has 0 saturated heterocycles. The lowest BCUT2D eigenvalue weighted by atomic mass is 10.3. The fraction of sp³-hybridized carbons (Fsp3) is 0.286. The number of nitrogens with zero attached hydrogens (tertiary/aromatic N) is 5. The summed E-state index contributed by atoms with van der Waals surface area (Å²) in [5.74, 6) is 0.647. The van der Waals surface area contributed by atoms with Crippen molar-refractivity contribution in [3.05, 3.63) is 50.8 Å². The molecule has 0 aromatic carbocycles. The lowest BCUT2D eigenvalue weighted by Gasteiger charge is -2.21. The van der Waals surface area contributed by atoms with Gasteiger partial charge in [-0.3, -0.25) is 0 Å². The maximum atomic E-state index is 11.1. The molecule has 4 rings (SSSR count). The Labute approximate surface area is 130 Å². The molecule has 7 nitrogen and oxygen atoms in total. The van der Waals surface area contributed by atoms with Crippen molar-refractivity contribution in [2.75, 3.05) is 4.90 Å². The number of hydrogen-bond donors (Lipinski definition) is 0. The number of anilines is 1. The fourth-order valence-corrected chi connectivity index (χ4v) is 3.19. The number of nitro groups is 1. The molecular formula is C14H13N5O2S. The molecule has 0 unspecified atom stereocenters. The molecule has 0 atom stereocenters. The van der Waals surface area contributed by atoms with Crippen molar-refractivity contribution in [3.8, 4) is 0 Å². The molecule has 22 heavy (non-hydrogen) atoms. The van der Waals surface area contributed by atoms with Crippen molar-refractivity contribution < 1.29 is 4.92 Å². The van der Waals surface area contributed by atoms with Gasteiger partial charge < -0.3 is 15.0 Å². The first-order valence-corrected chi connectivity index (χ1v) is 7.88. The maximum Gasteiger partial charge on any atom is 0.368 e. The van der Waals surface area contributed by atoms with Crippen molar-refractivity contribution in [2.24, 2.45) is 0 Å². The van der Waals surface area contributed by atoms with Crippen molar-refractivity contribution >= 4 is 28.6 Å². The van der Waals surface area contributed by atoms with Crippen molar-refractivity contribution in [2.45, 2.75) is 25.4 Å². The van der Waals surface area contributed by atoms with Crippen LogP contribution in [0, 0.1) is 10.1 Å². The lowest BCUT2D eigenvalue weighted by molar-refractivity contribution is -0.391. The van der Waals surface area contributed by atoms with E-state index in [9.17, 15) is 10.1 Å². The van der Waals surface area contributed by atoms with Crippen LogP contribution in [0.3, 0.4) is 0 Å². The predicted molar refractivity (Wildman–Crippen MR) is 83.2 cm³/mol. The molecule has 0 spiro atoms. The maximum absolute atomic E-state index is 11.1. The van der Waals surface area contributed by atoms with E-state index in [0.717, 1.165) is 25.2 Å². The minimum Gasteiger partial charge on any atom is -0.358 e. The topological polar surface area (TPSA) is 76.6 Å². The molecule has 0 radical (unpaired) electrons. The Kier molecular flexibility index (Phi) is 3.04. The summed E-state index contributed by atoms with van der Waals surface area (Å²) in [6.45, 7) is 0.781. The van der Waals surface area contributed by atoms with Gasteiger partial charge in [-0.25, -0.2) is 4.98 Å². The summed E-state index contributed by atoms with van der Waals surface area (Å²) in [5.41, 5.74) is 0.488. The summed E-state index contributed by atoms with van der Waals surface area (Å²) in [4.78, 5) is 18.1. The number of imidazole rings is 1. The van der Waals surface area contributed by atoms with E-state index in [2.05, 4.69) is 26.4 Å². The van der Waals surface area contributed by atoms with E-state index in [0.29, 0.717) is 11.7 Å². The smallest absolute Gasteiger partial charge is 0.358 e. The zero-order chi connectivity index (χ0) is 15.1. The Hall–Kier alpha value is -2.48. The summed E-state index contributed by atoms with van der Waals surface area (Å²) in [6, 6.07) is 8.26. The largest absolute Gasteiger partial charge is 0.368 e. The Morgan fingerprint density at radius 1 is 1.41 bits per heavy atom. The molecule has 0 amide bonds. The summed E-state index contributed by atoms with van der Waals surface area (Å²) in [7, 11) is 0. The van der Waals surface area contributed by atoms with Gasteiger partial charge in [-0.1, -0.05) is 15.7 Å². The second kappa shape index (κ2) is 5.06. The number of rotatable bonds is 5. The third-order valence-corrected chi connectivity index (χ3v) is 4.57. The highest BCUT2D eigenvalue weighted by Crippen LogP contribution is 2.33. The van der Waals surface area contributed by atoms with E-state index in [4.69, 9.17) is 0 Å². The van der Waals surface area contributed by atoms with Gasteiger partial charge >= 0.3 is 5.82 Å². The molecule has 0 N–H and O–H groups in total. The van der Waals surface area contributed by atoms with Gasteiger partial charge in [-0.05, 0) is 35.3 Å². The van der Waals surface area contributed by atoms with Crippen LogP contribution in [0.15, 0.2) is 35.8 Å². The van der Waals surface area contributed by atoms with Gasteiger partial charge in [0.2, 0.25) is 5.65 Å². The van der Waals surface area contributed by atoms with Crippen LogP contribution in [0.25, 0.3) is 5.65 Å². The second-order valence-electron chi connectivity index (χ2n) is 5.27. The van der Waals surface area contributed by atoms with E-state index in [1.54, 1.807) is 17.4 Å². The highest BCUT2D eigenvalue weighted by atomic mass is 32.1. The molecular weight excluding hydrogens is 302 g/mol. The van der Waals surface area contributed by atoms with Gasteiger partial charge in [0.15, 0.2) is 5.82 Å². The fourth-order valence-electron chi connectivity index (χ4n) is 2.48. The average Bonchev–Trinajstić information content (AvgIpc) is 3.06. The first kappa shape index (κ1) is 13.2. The van der Waals surface area contributed by atoms with Crippen LogP contribution in [-0.2, 0) is 6.54 Å². The Balaban J connectivity index is 1.74. The van der Waals surface area contributed by atoms with Crippen LogP contribution in [0.5, 0.6) is 0 Å². The Morgan fingerprint density at radius 2 is 2.27 bits per heavy atom. The van der Waals surface area contributed by atoms with E-state index in [-0.39, 0.29) is 5.82 Å². The quantitative estimate of drug-likeness (QED) is 0.534. The van der Waals surface area contributed by atoms with E-state index in [1.807, 2.05) is 12.1 Å². The summed E-state index contributed by atoms with van der Waals surface area (Å²) < 4.78 is 1.30. The van der Waals surface area contributed by atoms with E-state index < -0.39 is 4.92 Å². The summed E-state index contributed by atoms with van der Waals surface area (Å²) in [6.07, 6.45) is 3.51. The van der Waals surface area contributed by atoms with Gasteiger partial charge in [-0.15, -0.1) is 11.3 Å². The minimum absolute atomic E-state index is 0.108. The average molecular weight is 315 g/mol. The second-order valence-corrected chi connectivity index (χ2v) is 6.31. The van der Waals surface area contributed by atoms with Crippen LogP contribution in [0.1, 0.15) is 17.7 Å². The van der Waals surface area contributed by atoms with E-state index in [1.165, 1.54) is 15.6 Å². The number of aromatic nitrogens is 3. The molecule has 1 aliphatic rings. The Morgan fingerprint density at radius 3 is 2.95 bits per heavy atom. The molecule has 3 aromatic rings. The van der Waals surface area contributed by atoms with Gasteiger partial charge in [0.25, 0.3) is 0 Å². The van der Waals surface area contributed by atoms with Crippen molar-refractivity contribution in [3.63, 3.8) is 0 Å². The van der Waals surface area contributed by atoms with Crippen LogP contribution >= 0.6 is 11.3 Å². The number of fused-ring (bicyclic) bond motifs is 1. The molecule has 0 bridgehead atoms. The van der Waals surface area contributed by atoms with Gasteiger partial charge in [0, 0.05) is 17.0 Å². The SMILES string of the molecule is O=[N+]([O-])c1cnc2ccc(N(Cc3cccs3)C3CC3)nn12. The van der Waals surface area contributed by atoms with Crippen LogP contribution in [0.4, 0.5) is 11.6 Å². The van der Waals surface area contributed by atoms with Gasteiger partial charge in [0.05, 0.1) is 6.54 Å². The molecule has 1 aliphatic carbocycles. The molecule has 1 fully saturated rings. The molecule has 112 valence electrons. The monoisotopic (exact) mass is 315 g/mol. The third-order valence-electron chi connectivity index (χ3n) is 3.71. The van der Waals surface area contributed by atoms with Gasteiger partial charge in [0.1, 0.15) is 6.20 Å². The molecule has 3 heterocycles. The third kappa shape index (κ3) is 2.31. The summed E-state index contributed by atoms with van der Waals surface area (Å²) >= 11 is 1.71. The molecule has 3 aromatic heterocycles. The lowest BCUT2D eigenvalue weighted by Crippen LogP contribution is -2.26. The summed E-state index contributed by atoms with van der Waals surface area (Å²) in [5, 5.41) is 17.5. The van der Waals surface area contributed by atoms with Crippen LogP contribution in [-0.4, -0.2) is 25.6 Å². The first-order chi connectivity index (χ1) is 10.7. The highest BCUT2D eigenvalue weighted by Gasteiger charge is 2.31. The minimum atomic E-state index is -0.461. The predicted octanol–water partition coefficient (Wildman–Crippen LogP) is 2.87. The van der Waals surface area contributed by atoms with Crippen LogP contribution < -0.4 is 4.90 Å². The molecule has 1 saturated carbocycles. The number of thiophene rings is 1. The Bertz CT molecular complexity index is 825. The molecule has 8 heteroatoms. The zero-order valence-corrected chi connectivity index (χ0v) is 12.4. The van der Waals surface area contributed by atoms with Gasteiger partial charge in [-0.2, -0.15) is 0 Å². The normalized spacial score (nSPS) is 14.4. The molecule has 0 aliphatic heterocycles. The standard InChI is InChI=1S/C14H13N5O2S/c20-19(21)14-8-15-12-5-6-13(16-18(12)14)17(10-3-4-10)9-11-2-1-7-22-11/h1-2,5-8,10H,3-4,9H2. The number of hydrogen-bond acceptors (Lipinski definition) is 6. The zero-order valence-electron chi connectivity index (χ0n) is 11.6.